The van der Waals surface area contributed by atoms with Crippen molar-refractivity contribution in [3.8, 4) is 11.5 Å². The molecule has 2 aliphatic rings. The van der Waals surface area contributed by atoms with Crippen LogP contribution < -0.4 is 9.47 Å². The lowest BCUT2D eigenvalue weighted by Gasteiger charge is -2.39. The summed E-state index contributed by atoms with van der Waals surface area (Å²) in [5.41, 5.74) is 4.76. The number of esters is 1. The number of likely N-dealkylation sites (N-methyl/N-ethyl adjacent to an activating group) is 1. The number of aliphatic imine (C=N–C) groups is 1. The molecule has 0 aromatic heterocycles. The van der Waals surface area contributed by atoms with Crippen molar-refractivity contribution in [2.75, 3.05) is 41.0 Å². The Kier molecular flexibility index (Phi) is 5.77. The Balaban J connectivity index is 1.83. The van der Waals surface area contributed by atoms with E-state index in [0.717, 1.165) is 42.1 Å². The molecular formula is C24H28N2O4. The molecule has 2 aromatic carbocycles. The summed E-state index contributed by atoms with van der Waals surface area (Å²) < 4.78 is 16.3. The normalized spacial score (nSPS) is 20.6. The van der Waals surface area contributed by atoms with Crippen LogP contribution in [0.4, 0.5) is 0 Å². The standard InChI is InChI=1S/C24H28N2O4/c1-5-30-22-12-17-18(13-21(22)28-3)23(25-20-10-11-26(2)14-19(17)20)15-6-8-16(9-7-15)24(27)29-4/h6-9,12-13,19-20H,5,10-11,14H2,1-4H3/t19-,20-/m1/s1. The van der Waals surface area contributed by atoms with Gasteiger partial charge in [0, 0.05) is 23.6 Å². The summed E-state index contributed by atoms with van der Waals surface area (Å²) in [5, 5.41) is 0. The van der Waals surface area contributed by atoms with Gasteiger partial charge in [-0.1, -0.05) is 12.1 Å². The second kappa shape index (κ2) is 8.48. The first kappa shape index (κ1) is 20.4. The summed E-state index contributed by atoms with van der Waals surface area (Å²) in [6, 6.07) is 11.8. The third-order valence-corrected chi connectivity index (χ3v) is 5.94. The highest BCUT2D eigenvalue weighted by molar-refractivity contribution is 6.15. The number of rotatable bonds is 5. The maximum Gasteiger partial charge on any atom is 0.337 e. The van der Waals surface area contributed by atoms with Crippen molar-refractivity contribution in [3.63, 3.8) is 0 Å². The molecule has 0 saturated carbocycles. The third kappa shape index (κ3) is 3.67. The second-order valence-electron chi connectivity index (χ2n) is 7.79. The quantitative estimate of drug-likeness (QED) is 0.709. The van der Waals surface area contributed by atoms with Crippen molar-refractivity contribution < 1.29 is 19.0 Å². The molecule has 0 unspecified atom stereocenters. The van der Waals surface area contributed by atoms with E-state index in [0.29, 0.717) is 23.8 Å². The van der Waals surface area contributed by atoms with E-state index < -0.39 is 0 Å². The molecule has 0 N–H and O–H groups in total. The van der Waals surface area contributed by atoms with Gasteiger partial charge in [-0.25, -0.2) is 4.79 Å². The van der Waals surface area contributed by atoms with Crippen LogP contribution >= 0.6 is 0 Å². The summed E-state index contributed by atoms with van der Waals surface area (Å²) in [7, 11) is 5.21. The van der Waals surface area contributed by atoms with Crippen LogP contribution in [0.15, 0.2) is 41.4 Å². The van der Waals surface area contributed by atoms with E-state index in [9.17, 15) is 4.79 Å². The Labute approximate surface area is 177 Å². The predicted octanol–water partition coefficient (Wildman–Crippen LogP) is 3.52. The van der Waals surface area contributed by atoms with E-state index in [1.807, 2.05) is 25.1 Å². The zero-order valence-electron chi connectivity index (χ0n) is 18.0. The number of piperidine rings is 1. The maximum atomic E-state index is 11.8. The van der Waals surface area contributed by atoms with Gasteiger partial charge in [0.25, 0.3) is 0 Å². The van der Waals surface area contributed by atoms with Gasteiger partial charge in [0.05, 0.1) is 38.1 Å². The van der Waals surface area contributed by atoms with Gasteiger partial charge in [-0.15, -0.1) is 0 Å². The van der Waals surface area contributed by atoms with Crippen LogP contribution in [0.3, 0.4) is 0 Å². The Morgan fingerprint density at radius 2 is 1.93 bits per heavy atom. The monoisotopic (exact) mass is 408 g/mol. The molecule has 2 aromatic rings. The van der Waals surface area contributed by atoms with E-state index in [4.69, 9.17) is 19.2 Å². The Bertz CT molecular complexity index is 968. The van der Waals surface area contributed by atoms with E-state index in [2.05, 4.69) is 18.0 Å². The Morgan fingerprint density at radius 3 is 2.60 bits per heavy atom. The summed E-state index contributed by atoms with van der Waals surface area (Å²) in [6.45, 7) is 4.56. The van der Waals surface area contributed by atoms with Crippen LogP contribution in [0.5, 0.6) is 11.5 Å². The predicted molar refractivity (Wildman–Crippen MR) is 116 cm³/mol. The molecule has 6 nitrogen and oxygen atoms in total. The van der Waals surface area contributed by atoms with Crippen molar-refractivity contribution in [1.82, 2.24) is 4.90 Å². The largest absolute Gasteiger partial charge is 0.493 e. The lowest BCUT2D eigenvalue weighted by Crippen LogP contribution is -2.41. The van der Waals surface area contributed by atoms with E-state index in [1.165, 1.54) is 12.7 Å². The maximum absolute atomic E-state index is 11.8. The number of ether oxygens (including phenoxy) is 3. The number of hydrogen-bond donors (Lipinski definition) is 0. The van der Waals surface area contributed by atoms with Gasteiger partial charge < -0.3 is 19.1 Å². The molecule has 158 valence electrons. The Morgan fingerprint density at radius 1 is 1.17 bits per heavy atom. The highest BCUT2D eigenvalue weighted by atomic mass is 16.5. The molecule has 0 aliphatic carbocycles. The van der Waals surface area contributed by atoms with Crippen LogP contribution in [-0.2, 0) is 4.74 Å². The third-order valence-electron chi connectivity index (χ3n) is 5.94. The molecular weight excluding hydrogens is 380 g/mol. The van der Waals surface area contributed by atoms with Crippen LogP contribution in [0.2, 0.25) is 0 Å². The van der Waals surface area contributed by atoms with Gasteiger partial charge in [0.15, 0.2) is 11.5 Å². The van der Waals surface area contributed by atoms with Gasteiger partial charge in [0.1, 0.15) is 0 Å². The molecule has 1 fully saturated rings. The Hall–Kier alpha value is -2.86. The number of benzene rings is 2. The van der Waals surface area contributed by atoms with Crippen LogP contribution in [-0.4, -0.2) is 63.6 Å². The van der Waals surface area contributed by atoms with E-state index in [1.54, 1.807) is 19.2 Å². The van der Waals surface area contributed by atoms with Crippen LogP contribution in [0.25, 0.3) is 0 Å². The molecule has 6 heteroatoms. The molecule has 2 atom stereocenters. The number of carbonyl (C=O) groups is 1. The fourth-order valence-electron chi connectivity index (χ4n) is 4.43. The lowest BCUT2D eigenvalue weighted by molar-refractivity contribution is 0.0600. The van der Waals surface area contributed by atoms with Gasteiger partial charge in [-0.2, -0.15) is 0 Å². The van der Waals surface area contributed by atoms with Crippen LogP contribution in [0, 0.1) is 0 Å². The molecule has 0 bridgehead atoms. The number of methoxy groups -OCH3 is 2. The first-order valence-electron chi connectivity index (χ1n) is 10.4. The minimum Gasteiger partial charge on any atom is -0.493 e. The summed E-state index contributed by atoms with van der Waals surface area (Å²) in [5.74, 6) is 1.46. The van der Waals surface area contributed by atoms with Crippen molar-refractivity contribution in [2.24, 2.45) is 4.99 Å². The molecule has 0 spiro atoms. The minimum atomic E-state index is -0.342. The van der Waals surface area contributed by atoms with Crippen molar-refractivity contribution in [1.29, 1.82) is 0 Å². The van der Waals surface area contributed by atoms with Gasteiger partial charge >= 0.3 is 5.97 Å². The van der Waals surface area contributed by atoms with Crippen molar-refractivity contribution in [2.45, 2.75) is 25.3 Å². The topological polar surface area (TPSA) is 60.4 Å². The highest BCUT2D eigenvalue weighted by Crippen LogP contribution is 2.42. The zero-order valence-corrected chi connectivity index (χ0v) is 18.0. The molecule has 1 saturated heterocycles. The van der Waals surface area contributed by atoms with Crippen LogP contribution in [0.1, 0.15) is 46.3 Å². The van der Waals surface area contributed by atoms with Crippen molar-refractivity contribution in [3.05, 3.63) is 58.7 Å². The number of fused-ring (bicyclic) bond motifs is 3. The number of nitrogens with zero attached hydrogens (tertiary/aromatic N) is 2. The summed E-state index contributed by atoms with van der Waals surface area (Å²) >= 11 is 0. The smallest absolute Gasteiger partial charge is 0.337 e. The highest BCUT2D eigenvalue weighted by Gasteiger charge is 2.36. The van der Waals surface area contributed by atoms with E-state index in [-0.39, 0.29) is 12.0 Å². The lowest BCUT2D eigenvalue weighted by atomic mass is 9.79. The SMILES string of the molecule is CCOc1cc2c(cc1OC)C(c1ccc(C(=O)OC)cc1)=N[C@@H]1CCN(C)C[C@H]21. The first-order valence-corrected chi connectivity index (χ1v) is 10.4. The molecule has 0 amide bonds. The van der Waals surface area contributed by atoms with Gasteiger partial charge in [-0.05, 0) is 56.8 Å². The summed E-state index contributed by atoms with van der Waals surface area (Å²) in [6.07, 6.45) is 1.01. The molecule has 2 heterocycles. The average Bonchev–Trinajstić information content (AvgIpc) is 2.78. The minimum absolute atomic E-state index is 0.229. The second-order valence-corrected chi connectivity index (χ2v) is 7.79. The van der Waals surface area contributed by atoms with Crippen molar-refractivity contribution >= 4 is 11.7 Å². The van der Waals surface area contributed by atoms with E-state index >= 15 is 0 Å². The first-order chi connectivity index (χ1) is 14.5. The zero-order chi connectivity index (χ0) is 21.3. The fraction of sp³-hybridized carbons (Fsp3) is 0.417. The summed E-state index contributed by atoms with van der Waals surface area (Å²) in [4.78, 5) is 19.3. The number of carbonyl (C=O) groups excluding carboxylic acids is 1. The van der Waals surface area contributed by atoms with Gasteiger partial charge in [-0.3, -0.25) is 4.99 Å². The molecule has 0 radical (unpaired) electrons. The molecule has 4 rings (SSSR count). The number of hydrogen-bond acceptors (Lipinski definition) is 6. The van der Waals surface area contributed by atoms with Gasteiger partial charge in [0.2, 0.25) is 0 Å². The molecule has 30 heavy (non-hydrogen) atoms. The number of likely N-dealkylation sites (tertiary alicyclic amines) is 1. The fourth-order valence-corrected chi connectivity index (χ4v) is 4.43. The molecule has 2 aliphatic heterocycles. The average molecular weight is 408 g/mol.